The van der Waals surface area contributed by atoms with Gasteiger partial charge in [0, 0.05) is 23.2 Å². The van der Waals surface area contributed by atoms with Crippen LogP contribution in [-0.2, 0) is 17.6 Å². The summed E-state index contributed by atoms with van der Waals surface area (Å²) in [4.78, 5) is 14.6. The minimum absolute atomic E-state index is 0.376. The molecule has 0 amide bonds. The molecule has 2 aliphatic rings. The minimum Gasteiger partial charge on any atom is -0.423 e. The molecule has 0 spiro atoms. The van der Waals surface area contributed by atoms with Crippen molar-refractivity contribution >= 4 is 22.4 Å². The molecule has 3 aromatic rings. The molecule has 1 unspecified atom stereocenters. The quantitative estimate of drug-likeness (QED) is 0.169. The number of esters is 1. The van der Waals surface area contributed by atoms with E-state index in [-0.39, 0.29) is 0 Å². The second-order valence-corrected chi connectivity index (χ2v) is 10.1. The Labute approximate surface area is 226 Å². The fourth-order valence-corrected chi connectivity index (χ4v) is 5.16. The van der Waals surface area contributed by atoms with Crippen LogP contribution in [0.4, 0.5) is 5.69 Å². The van der Waals surface area contributed by atoms with Crippen molar-refractivity contribution in [2.45, 2.75) is 45.1 Å². The number of hydrogen-bond donors (Lipinski definition) is 0. The van der Waals surface area contributed by atoms with Gasteiger partial charge in [0.2, 0.25) is 0 Å². The first-order valence-corrected chi connectivity index (χ1v) is 13.5. The first-order chi connectivity index (χ1) is 18.6. The lowest BCUT2D eigenvalue weighted by Gasteiger charge is -2.33. The molecular weight excluding hydrogens is 466 g/mol. The molecule has 0 aromatic heterocycles. The second kappa shape index (κ2) is 12.0. The predicted octanol–water partition coefficient (Wildman–Crippen LogP) is 8.07. The topological polar surface area (TPSA) is 29.5 Å². The summed E-state index contributed by atoms with van der Waals surface area (Å²) in [6.45, 7) is 6.32. The smallest absolute Gasteiger partial charge is 0.338 e. The van der Waals surface area contributed by atoms with E-state index in [1.807, 2.05) is 24.3 Å². The van der Waals surface area contributed by atoms with Crippen LogP contribution in [0, 0.1) is 0 Å². The van der Waals surface area contributed by atoms with Crippen molar-refractivity contribution in [1.82, 2.24) is 0 Å². The van der Waals surface area contributed by atoms with E-state index in [0.717, 1.165) is 49.4 Å². The summed E-state index contributed by atoms with van der Waals surface area (Å²) in [6.07, 6.45) is 20.8. The van der Waals surface area contributed by atoms with Gasteiger partial charge in [0.1, 0.15) is 5.75 Å². The van der Waals surface area contributed by atoms with Gasteiger partial charge in [-0.15, -0.1) is 0 Å². The van der Waals surface area contributed by atoms with E-state index in [2.05, 4.69) is 90.4 Å². The number of rotatable bonds is 9. The Hall–Kier alpha value is -4.11. The number of anilines is 1. The third-order valence-corrected chi connectivity index (χ3v) is 7.31. The highest BCUT2D eigenvalue weighted by Gasteiger charge is 2.19. The summed E-state index contributed by atoms with van der Waals surface area (Å²) in [5.41, 5.74) is 5.71. The molecule has 0 saturated heterocycles. The van der Waals surface area contributed by atoms with Crippen LogP contribution in [0.2, 0.25) is 0 Å². The highest BCUT2D eigenvalue weighted by Crippen LogP contribution is 2.30. The Morgan fingerprint density at radius 3 is 2.47 bits per heavy atom. The number of hydrogen-bond acceptors (Lipinski definition) is 3. The van der Waals surface area contributed by atoms with Crippen molar-refractivity contribution in [2.75, 3.05) is 11.4 Å². The second-order valence-electron chi connectivity index (χ2n) is 10.1. The zero-order chi connectivity index (χ0) is 26.3. The molecule has 0 N–H and O–H groups in total. The van der Waals surface area contributed by atoms with Crippen LogP contribution in [0.3, 0.4) is 0 Å². The van der Waals surface area contributed by atoms with Gasteiger partial charge in [-0.25, -0.2) is 4.79 Å². The van der Waals surface area contributed by atoms with Gasteiger partial charge < -0.3 is 9.64 Å². The molecule has 0 fully saturated rings. The molecule has 38 heavy (non-hydrogen) atoms. The summed E-state index contributed by atoms with van der Waals surface area (Å²) in [7, 11) is 0. The van der Waals surface area contributed by atoms with E-state index >= 15 is 0 Å². The lowest BCUT2D eigenvalue weighted by atomic mass is 9.97. The van der Waals surface area contributed by atoms with Crippen LogP contribution in [0.15, 0.2) is 121 Å². The third-order valence-electron chi connectivity index (χ3n) is 7.31. The number of ether oxygens (including phenoxy) is 1. The van der Waals surface area contributed by atoms with Crippen LogP contribution in [0.5, 0.6) is 5.75 Å². The Morgan fingerprint density at radius 1 is 0.947 bits per heavy atom. The standard InChI is InChI=1S/C35H35NO2/c1-26(2)35(37)38-34-24-21-29(32-15-9-10-16-33(32)34)20-17-27-18-22-31(23-19-27)36(30-13-7-4-8-14-30)25-28-11-5-3-6-12-28/h3-5,7-11,13,15-16,18-19,21-24,30H,1,6,12,14,17,20,25H2,2H3. The van der Waals surface area contributed by atoms with Crippen molar-refractivity contribution in [1.29, 1.82) is 0 Å². The Kier molecular flexibility index (Phi) is 8.04. The van der Waals surface area contributed by atoms with Crippen LogP contribution < -0.4 is 9.64 Å². The van der Waals surface area contributed by atoms with Crippen LogP contribution in [0.1, 0.15) is 37.3 Å². The van der Waals surface area contributed by atoms with Gasteiger partial charge in [0.05, 0.1) is 6.04 Å². The van der Waals surface area contributed by atoms with Gasteiger partial charge in [-0.05, 0) is 73.7 Å². The molecule has 0 heterocycles. The maximum absolute atomic E-state index is 12.1. The number of allylic oxidation sites excluding steroid dienone is 5. The van der Waals surface area contributed by atoms with E-state index in [4.69, 9.17) is 4.74 Å². The first kappa shape index (κ1) is 25.5. The number of aryl methyl sites for hydroxylation is 2. The van der Waals surface area contributed by atoms with E-state index in [1.54, 1.807) is 6.92 Å². The Bertz CT molecular complexity index is 1440. The highest BCUT2D eigenvalue weighted by atomic mass is 16.5. The molecule has 3 heteroatoms. The van der Waals surface area contributed by atoms with Gasteiger partial charge in [0.15, 0.2) is 0 Å². The monoisotopic (exact) mass is 501 g/mol. The van der Waals surface area contributed by atoms with Crippen molar-refractivity contribution in [2.24, 2.45) is 0 Å². The number of fused-ring (bicyclic) bond motifs is 1. The summed E-state index contributed by atoms with van der Waals surface area (Å²) in [5.74, 6) is 0.185. The third kappa shape index (κ3) is 6.06. The fourth-order valence-electron chi connectivity index (χ4n) is 5.16. The largest absolute Gasteiger partial charge is 0.423 e. The molecule has 5 rings (SSSR count). The first-order valence-electron chi connectivity index (χ1n) is 13.5. The molecule has 0 aliphatic heterocycles. The van der Waals surface area contributed by atoms with E-state index in [9.17, 15) is 4.79 Å². The molecule has 1 atom stereocenters. The molecular formula is C35H35NO2. The summed E-state index contributed by atoms with van der Waals surface area (Å²) >= 11 is 0. The SMILES string of the molecule is C=C(C)C(=O)Oc1ccc(CCc2ccc(N(CC3=CC=CCC3)C3C=CC=CC3)cc2)c2ccccc12. The molecule has 3 nitrogen and oxygen atoms in total. The zero-order valence-electron chi connectivity index (χ0n) is 22.1. The van der Waals surface area contributed by atoms with Crippen molar-refractivity contribution < 1.29 is 9.53 Å². The van der Waals surface area contributed by atoms with E-state index in [0.29, 0.717) is 17.4 Å². The molecule has 0 bridgehead atoms. The normalized spacial score (nSPS) is 16.3. The average molecular weight is 502 g/mol. The van der Waals surface area contributed by atoms with Crippen LogP contribution in [0.25, 0.3) is 10.8 Å². The number of benzene rings is 3. The van der Waals surface area contributed by atoms with Crippen molar-refractivity contribution in [3.63, 3.8) is 0 Å². The summed E-state index contributed by atoms with van der Waals surface area (Å²) in [6, 6.07) is 21.6. The maximum atomic E-state index is 12.1. The zero-order valence-corrected chi connectivity index (χ0v) is 22.1. The molecule has 3 aromatic carbocycles. The van der Waals surface area contributed by atoms with E-state index in [1.165, 1.54) is 22.4 Å². The van der Waals surface area contributed by atoms with Gasteiger partial charge >= 0.3 is 5.97 Å². The highest BCUT2D eigenvalue weighted by molar-refractivity contribution is 5.95. The van der Waals surface area contributed by atoms with Crippen LogP contribution >= 0.6 is 0 Å². The molecule has 2 aliphatic carbocycles. The van der Waals surface area contributed by atoms with Gasteiger partial charge in [-0.3, -0.25) is 0 Å². The van der Waals surface area contributed by atoms with Gasteiger partial charge in [-0.1, -0.05) is 97.1 Å². The summed E-state index contributed by atoms with van der Waals surface area (Å²) < 4.78 is 5.59. The van der Waals surface area contributed by atoms with Crippen LogP contribution in [-0.4, -0.2) is 18.6 Å². The fraction of sp³-hybridized carbons (Fsp3) is 0.229. The Morgan fingerprint density at radius 2 is 1.76 bits per heavy atom. The molecule has 192 valence electrons. The van der Waals surface area contributed by atoms with Gasteiger partial charge in [-0.2, -0.15) is 0 Å². The lowest BCUT2D eigenvalue weighted by molar-refractivity contribution is -0.129. The van der Waals surface area contributed by atoms with Crippen molar-refractivity contribution in [3.05, 3.63) is 132 Å². The maximum Gasteiger partial charge on any atom is 0.338 e. The number of carbonyl (C=O) groups is 1. The number of nitrogens with zero attached hydrogens (tertiary/aromatic N) is 1. The predicted molar refractivity (Wildman–Crippen MR) is 159 cm³/mol. The van der Waals surface area contributed by atoms with Gasteiger partial charge in [0.25, 0.3) is 0 Å². The van der Waals surface area contributed by atoms with Crippen molar-refractivity contribution in [3.8, 4) is 5.75 Å². The lowest BCUT2D eigenvalue weighted by Crippen LogP contribution is -2.36. The summed E-state index contributed by atoms with van der Waals surface area (Å²) in [5, 5.41) is 2.07. The molecule has 0 saturated carbocycles. The molecule has 0 radical (unpaired) electrons. The minimum atomic E-state index is -0.395. The van der Waals surface area contributed by atoms with E-state index < -0.39 is 5.97 Å². The Balaban J connectivity index is 1.31. The number of carbonyl (C=O) groups excluding carboxylic acids is 1. The average Bonchev–Trinajstić information content (AvgIpc) is 2.97.